The van der Waals surface area contributed by atoms with Gasteiger partial charge in [0, 0.05) is 24.8 Å². The Morgan fingerprint density at radius 3 is 3.00 bits per heavy atom. The van der Waals surface area contributed by atoms with Crippen LogP contribution in [0, 0.1) is 5.92 Å². The largest absolute Gasteiger partial charge is 0.396 e. The van der Waals surface area contributed by atoms with Gasteiger partial charge in [0.1, 0.15) is 6.33 Å². The number of rotatable bonds is 4. The minimum absolute atomic E-state index is 0.190. The molecule has 1 fully saturated rings. The topological polar surface area (TPSA) is 102 Å². The Hall–Kier alpha value is -2.15. The number of nitrogens with two attached hydrogens (primary N) is 1. The van der Waals surface area contributed by atoms with Crippen molar-refractivity contribution in [2.24, 2.45) is 5.92 Å². The van der Waals surface area contributed by atoms with E-state index in [0.717, 1.165) is 6.42 Å². The first-order valence-electron chi connectivity index (χ1n) is 6.66. The molecule has 7 nitrogen and oxygen atoms in total. The molecule has 2 aromatic heterocycles. The van der Waals surface area contributed by atoms with Crippen LogP contribution in [0.4, 0.5) is 11.8 Å². The van der Waals surface area contributed by atoms with Crippen molar-refractivity contribution in [2.45, 2.75) is 26.3 Å². The molecule has 1 aliphatic rings. The van der Waals surface area contributed by atoms with Gasteiger partial charge in [0.25, 0.3) is 0 Å². The van der Waals surface area contributed by atoms with E-state index in [0.29, 0.717) is 17.0 Å². The van der Waals surface area contributed by atoms with Gasteiger partial charge in [-0.1, -0.05) is 0 Å². The van der Waals surface area contributed by atoms with Crippen molar-refractivity contribution in [1.29, 1.82) is 0 Å². The highest BCUT2D eigenvalue weighted by Crippen LogP contribution is 2.37. The van der Waals surface area contributed by atoms with E-state index in [1.54, 1.807) is 6.33 Å². The fourth-order valence-electron chi connectivity index (χ4n) is 2.15. The summed E-state index contributed by atoms with van der Waals surface area (Å²) >= 11 is 0. The molecule has 2 aromatic rings. The molecule has 1 saturated carbocycles. The van der Waals surface area contributed by atoms with Crippen LogP contribution in [0.5, 0.6) is 0 Å². The van der Waals surface area contributed by atoms with Crippen molar-refractivity contribution in [2.75, 3.05) is 17.7 Å². The van der Waals surface area contributed by atoms with E-state index in [4.69, 9.17) is 10.8 Å². The highest BCUT2D eigenvalue weighted by molar-refractivity contribution is 5.85. The van der Waals surface area contributed by atoms with Gasteiger partial charge in [0.05, 0.1) is 0 Å². The van der Waals surface area contributed by atoms with Crippen molar-refractivity contribution in [3.05, 3.63) is 11.9 Å². The van der Waals surface area contributed by atoms with Crippen LogP contribution in [0.15, 0.2) is 11.9 Å². The third-order valence-corrected chi connectivity index (χ3v) is 3.24. The van der Waals surface area contributed by atoms with Crippen molar-refractivity contribution < 1.29 is 5.11 Å². The summed E-state index contributed by atoms with van der Waals surface area (Å²) in [6.45, 7) is 4.24. The molecule has 0 spiro atoms. The molecule has 0 aliphatic heterocycles. The molecule has 20 heavy (non-hydrogen) atoms. The van der Waals surface area contributed by atoms with Crippen LogP contribution in [0.2, 0.25) is 0 Å². The quantitative estimate of drug-likeness (QED) is 0.771. The Labute approximate surface area is 116 Å². The number of fused-ring (bicyclic) bond motifs is 1. The minimum Gasteiger partial charge on any atom is -0.396 e. The molecular formula is C13H18N6O. The SMILES string of the molecule is CC(C)Nc1nc(N)nc2c1ncn2/C=C1/C[C@@H]1CO. The lowest BCUT2D eigenvalue weighted by molar-refractivity contribution is 0.281. The number of aromatic nitrogens is 4. The van der Waals surface area contributed by atoms with Crippen molar-refractivity contribution in [1.82, 2.24) is 19.5 Å². The first kappa shape index (κ1) is 12.9. The van der Waals surface area contributed by atoms with Crippen LogP contribution in [-0.4, -0.2) is 37.3 Å². The van der Waals surface area contributed by atoms with E-state index in [9.17, 15) is 0 Å². The van der Waals surface area contributed by atoms with E-state index < -0.39 is 0 Å². The maximum atomic E-state index is 9.08. The number of hydrogen-bond acceptors (Lipinski definition) is 6. The Bertz CT molecular complexity index is 675. The molecule has 7 heteroatoms. The van der Waals surface area contributed by atoms with Gasteiger partial charge in [-0.15, -0.1) is 0 Å². The zero-order valence-electron chi connectivity index (χ0n) is 11.5. The van der Waals surface area contributed by atoms with Gasteiger partial charge in [-0.2, -0.15) is 9.97 Å². The minimum atomic E-state index is 0.190. The predicted octanol–water partition coefficient (Wildman–Crippen LogP) is 1.08. The van der Waals surface area contributed by atoms with Crippen LogP contribution in [0.3, 0.4) is 0 Å². The maximum absolute atomic E-state index is 9.08. The first-order chi connectivity index (χ1) is 9.58. The van der Waals surface area contributed by atoms with Crippen molar-refractivity contribution >= 4 is 29.1 Å². The fraction of sp³-hybridized carbons (Fsp3) is 0.462. The van der Waals surface area contributed by atoms with Crippen LogP contribution in [0.1, 0.15) is 20.3 Å². The number of nitrogens with zero attached hydrogens (tertiary/aromatic N) is 4. The normalized spacial score (nSPS) is 20.0. The summed E-state index contributed by atoms with van der Waals surface area (Å²) < 4.78 is 1.84. The maximum Gasteiger partial charge on any atom is 0.224 e. The third kappa shape index (κ3) is 2.32. The Morgan fingerprint density at radius 1 is 1.55 bits per heavy atom. The highest BCUT2D eigenvalue weighted by atomic mass is 16.3. The molecule has 0 unspecified atom stereocenters. The number of nitrogen functional groups attached to an aromatic ring is 1. The fourth-order valence-corrected chi connectivity index (χ4v) is 2.15. The van der Waals surface area contributed by atoms with E-state index >= 15 is 0 Å². The molecule has 0 bridgehead atoms. The Balaban J connectivity index is 2.04. The number of nitrogens with one attached hydrogen (secondary N) is 1. The molecule has 1 aliphatic carbocycles. The van der Waals surface area contributed by atoms with Gasteiger partial charge in [-0.3, -0.25) is 4.57 Å². The highest BCUT2D eigenvalue weighted by Gasteiger charge is 2.29. The number of anilines is 2. The van der Waals surface area contributed by atoms with E-state index in [2.05, 4.69) is 20.3 Å². The number of hydrogen-bond donors (Lipinski definition) is 3. The van der Waals surface area contributed by atoms with Gasteiger partial charge in [0.2, 0.25) is 5.95 Å². The van der Waals surface area contributed by atoms with Crippen molar-refractivity contribution in [3.63, 3.8) is 0 Å². The smallest absolute Gasteiger partial charge is 0.224 e. The van der Waals surface area contributed by atoms with E-state index in [1.807, 2.05) is 24.6 Å². The average molecular weight is 274 g/mol. The summed E-state index contributed by atoms with van der Waals surface area (Å²) in [6.07, 6.45) is 4.58. The van der Waals surface area contributed by atoms with Gasteiger partial charge in [0.15, 0.2) is 17.0 Å². The lowest BCUT2D eigenvalue weighted by Crippen LogP contribution is -2.13. The summed E-state index contributed by atoms with van der Waals surface area (Å²) in [5.41, 5.74) is 8.34. The molecule has 0 saturated heterocycles. The van der Waals surface area contributed by atoms with Crippen molar-refractivity contribution in [3.8, 4) is 0 Å². The second kappa shape index (κ2) is 4.75. The number of aliphatic hydroxyl groups excluding tert-OH is 1. The summed E-state index contributed by atoms with van der Waals surface area (Å²) in [4.78, 5) is 12.8. The molecule has 106 valence electrons. The molecule has 0 amide bonds. The van der Waals surface area contributed by atoms with Crippen LogP contribution in [-0.2, 0) is 0 Å². The second-order valence-electron chi connectivity index (χ2n) is 5.34. The predicted molar refractivity (Wildman–Crippen MR) is 78.0 cm³/mol. The Kier molecular flexibility index (Phi) is 3.06. The van der Waals surface area contributed by atoms with E-state index in [1.165, 1.54) is 5.57 Å². The first-order valence-corrected chi connectivity index (χ1v) is 6.66. The monoisotopic (exact) mass is 274 g/mol. The van der Waals surface area contributed by atoms with Crippen LogP contribution < -0.4 is 11.1 Å². The molecule has 4 N–H and O–H groups in total. The molecule has 2 heterocycles. The van der Waals surface area contributed by atoms with E-state index in [-0.39, 0.29) is 24.5 Å². The van der Waals surface area contributed by atoms with Crippen LogP contribution in [0.25, 0.3) is 17.4 Å². The zero-order valence-corrected chi connectivity index (χ0v) is 11.5. The summed E-state index contributed by atoms with van der Waals surface area (Å²) in [6, 6.07) is 0.234. The summed E-state index contributed by atoms with van der Waals surface area (Å²) in [7, 11) is 0. The molecule has 0 radical (unpaired) electrons. The molecule has 1 atom stereocenters. The summed E-state index contributed by atoms with van der Waals surface area (Å²) in [5, 5.41) is 12.3. The standard InChI is InChI=1S/C13H18N6O/c1-7(2)16-11-10-12(18-13(14)17-11)19(6-15-10)4-8-3-9(8)5-20/h4,6-7,9,20H,3,5H2,1-2H3,(H3,14,16,17,18)/b8-4-/t9-/m1/s1. The molecular weight excluding hydrogens is 256 g/mol. The molecule has 0 aromatic carbocycles. The second-order valence-corrected chi connectivity index (χ2v) is 5.34. The van der Waals surface area contributed by atoms with Gasteiger partial charge >= 0.3 is 0 Å². The average Bonchev–Trinajstić information content (AvgIpc) is 3.01. The third-order valence-electron chi connectivity index (χ3n) is 3.24. The lowest BCUT2D eigenvalue weighted by Gasteiger charge is -2.09. The number of aliphatic hydroxyl groups is 1. The number of imidazole rings is 1. The van der Waals surface area contributed by atoms with Crippen LogP contribution >= 0.6 is 0 Å². The van der Waals surface area contributed by atoms with Gasteiger partial charge < -0.3 is 16.2 Å². The van der Waals surface area contributed by atoms with Gasteiger partial charge in [-0.05, 0) is 25.8 Å². The Morgan fingerprint density at radius 2 is 2.35 bits per heavy atom. The lowest BCUT2D eigenvalue weighted by atomic mass is 10.4. The summed E-state index contributed by atoms with van der Waals surface area (Å²) in [5.74, 6) is 1.14. The zero-order chi connectivity index (χ0) is 14.3. The van der Waals surface area contributed by atoms with Gasteiger partial charge in [-0.25, -0.2) is 4.98 Å². The molecule has 3 rings (SSSR count).